The van der Waals surface area contributed by atoms with Gasteiger partial charge in [-0.2, -0.15) is 0 Å². The fourth-order valence-corrected chi connectivity index (χ4v) is 3.85. The summed E-state index contributed by atoms with van der Waals surface area (Å²) in [5.74, 6) is -1.03. The van der Waals surface area contributed by atoms with Gasteiger partial charge in [-0.15, -0.1) is 0 Å². The maximum atomic E-state index is 13.2. The standard InChI is InChI=1S/C28H39FN4O5.C6H12O2/c1-6-37-27(36)33-23-15-14-22(31-18-20-10-12-21(29)13-11-20)17-24(23)32-25(34)19(2)9-7-8-16-30-26(35)38-28(3,4)5;1-5(7)8-6(2,3)4/h10-15,17,19,31H,6-9,16,18H2,1-5H3,(H,30,35)(H,32,34)(H,33,36);1-4H3. The third-order valence-electron chi connectivity index (χ3n) is 5.83. The highest BCUT2D eigenvalue weighted by Crippen LogP contribution is 2.27. The summed E-state index contributed by atoms with van der Waals surface area (Å²) in [6.45, 7) is 17.0. The molecule has 0 spiro atoms. The average molecular weight is 647 g/mol. The number of amides is 3. The van der Waals surface area contributed by atoms with Gasteiger partial charge in [0.15, 0.2) is 0 Å². The fraction of sp³-hybridized carbons (Fsp3) is 0.529. The molecule has 1 unspecified atom stereocenters. The summed E-state index contributed by atoms with van der Waals surface area (Å²) in [5, 5.41) is 11.5. The molecule has 11 nitrogen and oxygen atoms in total. The molecule has 4 N–H and O–H groups in total. The monoisotopic (exact) mass is 646 g/mol. The van der Waals surface area contributed by atoms with Gasteiger partial charge >= 0.3 is 18.2 Å². The molecular formula is C34H51FN4O7. The number of hydrogen-bond donors (Lipinski definition) is 4. The summed E-state index contributed by atoms with van der Waals surface area (Å²) >= 11 is 0. The Morgan fingerprint density at radius 1 is 0.826 bits per heavy atom. The fourth-order valence-electron chi connectivity index (χ4n) is 3.85. The van der Waals surface area contributed by atoms with E-state index in [0.29, 0.717) is 43.0 Å². The van der Waals surface area contributed by atoms with Gasteiger partial charge < -0.3 is 30.2 Å². The molecule has 0 heterocycles. The van der Waals surface area contributed by atoms with Crippen molar-refractivity contribution in [3.05, 3.63) is 53.8 Å². The number of nitrogens with one attached hydrogen (secondary N) is 4. The number of carbonyl (C=O) groups excluding carboxylic acids is 4. The Morgan fingerprint density at radius 2 is 1.46 bits per heavy atom. The second kappa shape index (κ2) is 19.2. The van der Waals surface area contributed by atoms with Gasteiger partial charge in [0.25, 0.3) is 0 Å². The van der Waals surface area contributed by atoms with Crippen molar-refractivity contribution >= 4 is 41.1 Å². The minimum atomic E-state index is -0.624. The van der Waals surface area contributed by atoms with Crippen LogP contribution in [0.2, 0.25) is 0 Å². The van der Waals surface area contributed by atoms with Crippen LogP contribution in [-0.2, 0) is 30.3 Å². The molecule has 2 aromatic carbocycles. The molecule has 0 fully saturated rings. The molecule has 256 valence electrons. The lowest BCUT2D eigenvalue weighted by molar-refractivity contribution is -0.151. The number of anilines is 3. The first-order chi connectivity index (χ1) is 21.4. The Morgan fingerprint density at radius 3 is 2.00 bits per heavy atom. The zero-order valence-corrected chi connectivity index (χ0v) is 28.6. The molecule has 2 rings (SSSR count). The molecule has 0 aliphatic rings. The molecule has 46 heavy (non-hydrogen) atoms. The third kappa shape index (κ3) is 18.5. The number of rotatable bonds is 12. The molecule has 12 heteroatoms. The van der Waals surface area contributed by atoms with Gasteiger partial charge in [-0.25, -0.2) is 14.0 Å². The number of halogens is 1. The van der Waals surface area contributed by atoms with Crippen molar-refractivity contribution in [1.29, 1.82) is 0 Å². The molecule has 0 saturated carbocycles. The molecule has 2 aromatic rings. The van der Waals surface area contributed by atoms with E-state index >= 15 is 0 Å². The summed E-state index contributed by atoms with van der Waals surface area (Å²) in [6.07, 6.45) is 0.969. The van der Waals surface area contributed by atoms with Crippen molar-refractivity contribution < 1.29 is 37.8 Å². The summed E-state index contributed by atoms with van der Waals surface area (Å²) in [6, 6.07) is 11.3. The van der Waals surface area contributed by atoms with E-state index in [4.69, 9.17) is 14.2 Å². The number of alkyl carbamates (subject to hydrolysis) is 1. The smallest absolute Gasteiger partial charge is 0.411 e. The first-order valence-corrected chi connectivity index (χ1v) is 15.4. The number of hydrogen-bond acceptors (Lipinski definition) is 8. The van der Waals surface area contributed by atoms with Crippen LogP contribution in [0.15, 0.2) is 42.5 Å². The summed E-state index contributed by atoms with van der Waals surface area (Å²) in [4.78, 5) is 46.9. The second-order valence-corrected chi connectivity index (χ2v) is 12.6. The van der Waals surface area contributed by atoms with E-state index in [0.717, 1.165) is 12.0 Å². The molecule has 0 bridgehead atoms. The van der Waals surface area contributed by atoms with Crippen molar-refractivity contribution in [2.45, 2.75) is 99.3 Å². The van der Waals surface area contributed by atoms with Crippen molar-refractivity contribution in [2.24, 2.45) is 5.92 Å². The minimum Gasteiger partial charge on any atom is -0.460 e. The van der Waals surface area contributed by atoms with Crippen LogP contribution in [0.1, 0.15) is 87.1 Å². The zero-order valence-electron chi connectivity index (χ0n) is 28.6. The van der Waals surface area contributed by atoms with Gasteiger partial charge in [-0.3, -0.25) is 14.9 Å². The quantitative estimate of drug-likeness (QED) is 0.105. The number of carbonyl (C=O) groups is 4. The minimum absolute atomic E-state index is 0.201. The SMILES string of the molecule is CC(=O)OC(C)(C)C.CCOC(=O)Nc1ccc(NCc2ccc(F)cc2)cc1NC(=O)C(C)CCCCNC(=O)OC(C)(C)C. The Bertz CT molecular complexity index is 1270. The van der Waals surface area contributed by atoms with Crippen LogP contribution < -0.4 is 21.3 Å². The van der Waals surface area contributed by atoms with Gasteiger partial charge in [0, 0.05) is 31.6 Å². The van der Waals surface area contributed by atoms with Crippen LogP contribution >= 0.6 is 0 Å². The van der Waals surface area contributed by atoms with Crippen LogP contribution in [0.3, 0.4) is 0 Å². The first-order valence-electron chi connectivity index (χ1n) is 15.4. The zero-order chi connectivity index (χ0) is 34.9. The predicted molar refractivity (Wildman–Crippen MR) is 178 cm³/mol. The molecule has 0 aliphatic heterocycles. The maximum Gasteiger partial charge on any atom is 0.411 e. The van der Waals surface area contributed by atoms with Crippen molar-refractivity contribution in [3.63, 3.8) is 0 Å². The molecule has 0 saturated heterocycles. The number of benzene rings is 2. The van der Waals surface area contributed by atoms with Crippen LogP contribution in [0, 0.1) is 11.7 Å². The lowest BCUT2D eigenvalue weighted by atomic mass is 10.0. The molecule has 0 radical (unpaired) electrons. The normalized spacial score (nSPS) is 11.6. The van der Waals surface area contributed by atoms with Crippen molar-refractivity contribution in [2.75, 3.05) is 29.1 Å². The van der Waals surface area contributed by atoms with Crippen molar-refractivity contribution in [3.8, 4) is 0 Å². The van der Waals surface area contributed by atoms with E-state index in [1.165, 1.54) is 19.1 Å². The largest absolute Gasteiger partial charge is 0.460 e. The number of esters is 1. The number of ether oxygens (including phenoxy) is 3. The van der Waals surface area contributed by atoms with Gasteiger partial charge in [0.2, 0.25) is 5.91 Å². The van der Waals surface area contributed by atoms with Gasteiger partial charge in [0.1, 0.15) is 17.0 Å². The lowest BCUT2D eigenvalue weighted by Crippen LogP contribution is -2.33. The Balaban J connectivity index is 0.00000116. The Kier molecular flexibility index (Phi) is 16.6. The van der Waals surface area contributed by atoms with Crippen LogP contribution in [0.25, 0.3) is 0 Å². The second-order valence-electron chi connectivity index (χ2n) is 12.6. The van der Waals surface area contributed by atoms with E-state index in [2.05, 4.69) is 21.3 Å². The molecule has 1 atom stereocenters. The predicted octanol–water partition coefficient (Wildman–Crippen LogP) is 7.62. The molecule has 3 amide bonds. The maximum absolute atomic E-state index is 13.2. The van der Waals surface area contributed by atoms with Gasteiger partial charge in [0.05, 0.1) is 18.0 Å². The lowest BCUT2D eigenvalue weighted by Gasteiger charge is -2.19. The highest BCUT2D eigenvalue weighted by molar-refractivity contribution is 5.99. The molecule has 0 aliphatic carbocycles. The van der Waals surface area contributed by atoms with Crippen LogP contribution in [0.5, 0.6) is 0 Å². The van der Waals surface area contributed by atoms with Gasteiger partial charge in [-0.1, -0.05) is 25.5 Å². The summed E-state index contributed by atoms with van der Waals surface area (Å²) in [7, 11) is 0. The van der Waals surface area contributed by atoms with E-state index < -0.39 is 17.8 Å². The van der Waals surface area contributed by atoms with E-state index in [9.17, 15) is 23.6 Å². The Labute approximate surface area is 272 Å². The Hall–Kier alpha value is -4.35. The van der Waals surface area contributed by atoms with E-state index in [1.54, 1.807) is 58.0 Å². The average Bonchev–Trinajstić information content (AvgIpc) is 2.91. The summed E-state index contributed by atoms with van der Waals surface area (Å²) < 4.78 is 28.1. The molecular weight excluding hydrogens is 595 g/mol. The van der Waals surface area contributed by atoms with E-state index in [-0.39, 0.29) is 35.8 Å². The van der Waals surface area contributed by atoms with Crippen LogP contribution in [-0.4, -0.2) is 48.4 Å². The summed E-state index contributed by atoms with van der Waals surface area (Å²) in [5.41, 5.74) is 1.54. The van der Waals surface area contributed by atoms with Crippen molar-refractivity contribution in [1.82, 2.24) is 5.32 Å². The number of unbranched alkanes of at least 4 members (excludes halogenated alkanes) is 1. The first kappa shape index (κ1) is 39.7. The highest BCUT2D eigenvalue weighted by Gasteiger charge is 2.18. The topological polar surface area (TPSA) is 144 Å². The third-order valence-corrected chi connectivity index (χ3v) is 5.83. The highest BCUT2D eigenvalue weighted by atomic mass is 19.1. The van der Waals surface area contributed by atoms with Crippen LogP contribution in [0.4, 0.5) is 31.0 Å². The molecule has 0 aromatic heterocycles. The van der Waals surface area contributed by atoms with E-state index in [1.807, 2.05) is 27.7 Å². The van der Waals surface area contributed by atoms with Gasteiger partial charge in [-0.05, 0) is 97.2 Å².